The van der Waals surface area contributed by atoms with Crippen molar-refractivity contribution in [2.24, 2.45) is 16.3 Å². The monoisotopic (exact) mass is 491 g/mol. The predicted molar refractivity (Wildman–Crippen MR) is 122 cm³/mol. The Morgan fingerprint density at radius 2 is 1.93 bits per heavy atom. The summed E-state index contributed by atoms with van der Waals surface area (Å²) < 4.78 is 16.7. The fourth-order valence-electron chi connectivity index (χ4n) is 3.47. The lowest BCUT2D eigenvalue weighted by Crippen LogP contribution is -2.46. The molecule has 154 valence electrons. The number of aliphatic imine (C=N–C) groups is 1. The molecular formula is C20H34IN3O3. The van der Waals surface area contributed by atoms with Gasteiger partial charge in [-0.25, -0.2) is 0 Å². The molecule has 1 aromatic carbocycles. The number of anilines is 1. The molecule has 6 nitrogen and oxygen atoms in total. The fraction of sp³-hybridized carbons (Fsp3) is 0.650. The molecular weight excluding hydrogens is 457 g/mol. The van der Waals surface area contributed by atoms with Crippen molar-refractivity contribution in [2.45, 2.75) is 39.7 Å². The van der Waals surface area contributed by atoms with E-state index in [2.05, 4.69) is 36.4 Å². The first kappa shape index (κ1) is 23.8. The van der Waals surface area contributed by atoms with E-state index in [-0.39, 0.29) is 35.5 Å². The van der Waals surface area contributed by atoms with Crippen molar-refractivity contribution in [2.75, 3.05) is 39.7 Å². The van der Waals surface area contributed by atoms with Crippen LogP contribution < -0.4 is 20.1 Å². The number of ether oxygens (including phenoxy) is 3. The van der Waals surface area contributed by atoms with Crippen LogP contribution in [-0.2, 0) is 4.74 Å². The van der Waals surface area contributed by atoms with E-state index in [1.807, 2.05) is 18.2 Å². The zero-order valence-corrected chi connectivity index (χ0v) is 19.6. The Morgan fingerprint density at radius 3 is 2.52 bits per heavy atom. The third-order valence-electron chi connectivity index (χ3n) is 4.70. The Balaban J connectivity index is 0.00000364. The number of benzene rings is 1. The largest absolute Gasteiger partial charge is 0.493 e. The Bertz CT molecular complexity index is 617. The maximum absolute atomic E-state index is 6.06. The average Bonchev–Trinajstić information content (AvgIpc) is 2.64. The minimum atomic E-state index is 0. The lowest BCUT2D eigenvalue weighted by Gasteiger charge is -2.40. The molecule has 1 aromatic rings. The third-order valence-corrected chi connectivity index (χ3v) is 4.70. The lowest BCUT2D eigenvalue weighted by molar-refractivity contribution is -0.0835. The zero-order valence-electron chi connectivity index (χ0n) is 17.3. The van der Waals surface area contributed by atoms with E-state index in [4.69, 9.17) is 14.2 Å². The summed E-state index contributed by atoms with van der Waals surface area (Å²) in [4.78, 5) is 4.33. The Kier molecular flexibility index (Phi) is 9.66. The fourth-order valence-corrected chi connectivity index (χ4v) is 3.47. The van der Waals surface area contributed by atoms with Crippen LogP contribution in [0.15, 0.2) is 23.2 Å². The van der Waals surface area contributed by atoms with Crippen molar-refractivity contribution in [3.63, 3.8) is 0 Å². The molecule has 0 aromatic heterocycles. The topological polar surface area (TPSA) is 64.1 Å². The van der Waals surface area contributed by atoms with Gasteiger partial charge in [0, 0.05) is 37.9 Å². The number of hydrogen-bond donors (Lipinski definition) is 2. The Morgan fingerprint density at radius 1 is 1.22 bits per heavy atom. The number of hydrogen-bond acceptors (Lipinski definition) is 4. The van der Waals surface area contributed by atoms with Gasteiger partial charge in [-0.1, -0.05) is 20.8 Å². The normalized spacial score (nSPS) is 20.4. The first-order valence-corrected chi connectivity index (χ1v) is 9.20. The Labute approximate surface area is 180 Å². The molecule has 0 spiro atoms. The lowest BCUT2D eigenvalue weighted by atomic mass is 9.78. The number of halogens is 1. The highest BCUT2D eigenvalue weighted by Gasteiger charge is 2.35. The van der Waals surface area contributed by atoms with Crippen LogP contribution >= 0.6 is 24.0 Å². The molecule has 0 amide bonds. The molecule has 1 aliphatic heterocycles. The summed E-state index contributed by atoms with van der Waals surface area (Å²) in [7, 11) is 5.03. The van der Waals surface area contributed by atoms with Gasteiger partial charge in [-0.3, -0.25) is 4.99 Å². The number of guanidine groups is 1. The van der Waals surface area contributed by atoms with Gasteiger partial charge in [0.1, 0.15) is 0 Å². The molecule has 2 N–H and O–H groups in total. The number of methoxy groups -OCH3 is 2. The van der Waals surface area contributed by atoms with Crippen molar-refractivity contribution in [1.29, 1.82) is 0 Å². The van der Waals surface area contributed by atoms with E-state index < -0.39 is 0 Å². The van der Waals surface area contributed by atoms with Gasteiger partial charge in [-0.15, -0.1) is 24.0 Å². The first-order valence-electron chi connectivity index (χ1n) is 9.20. The summed E-state index contributed by atoms with van der Waals surface area (Å²) in [6.45, 7) is 8.41. The van der Waals surface area contributed by atoms with Crippen LogP contribution in [0.3, 0.4) is 0 Å². The minimum Gasteiger partial charge on any atom is -0.493 e. The second-order valence-corrected chi connectivity index (χ2v) is 7.71. The highest BCUT2D eigenvalue weighted by molar-refractivity contribution is 14.0. The van der Waals surface area contributed by atoms with Crippen LogP contribution in [0.5, 0.6) is 11.5 Å². The van der Waals surface area contributed by atoms with Crippen LogP contribution in [0.4, 0.5) is 5.69 Å². The third kappa shape index (κ3) is 6.71. The molecule has 0 bridgehead atoms. The van der Waals surface area contributed by atoms with Gasteiger partial charge in [0.05, 0.1) is 20.3 Å². The molecule has 0 radical (unpaired) electrons. The second-order valence-electron chi connectivity index (χ2n) is 7.71. The van der Waals surface area contributed by atoms with Gasteiger partial charge in [0.15, 0.2) is 17.5 Å². The highest BCUT2D eigenvalue weighted by atomic mass is 127. The second kappa shape index (κ2) is 10.9. The maximum Gasteiger partial charge on any atom is 0.195 e. The average molecular weight is 491 g/mol. The number of rotatable bonds is 5. The van der Waals surface area contributed by atoms with Gasteiger partial charge < -0.3 is 24.8 Å². The van der Waals surface area contributed by atoms with Crippen LogP contribution in [0.2, 0.25) is 0 Å². The van der Waals surface area contributed by atoms with Gasteiger partial charge in [-0.05, 0) is 30.4 Å². The van der Waals surface area contributed by atoms with Crippen LogP contribution in [0, 0.1) is 11.3 Å². The number of nitrogens with zero attached hydrogens (tertiary/aromatic N) is 1. The maximum atomic E-state index is 6.06. The van der Waals surface area contributed by atoms with E-state index in [0.29, 0.717) is 17.4 Å². The van der Waals surface area contributed by atoms with Gasteiger partial charge in [0.25, 0.3) is 0 Å². The van der Waals surface area contributed by atoms with E-state index in [0.717, 1.165) is 31.2 Å². The molecule has 1 saturated heterocycles. The summed E-state index contributed by atoms with van der Waals surface area (Å²) in [5.74, 6) is 2.58. The van der Waals surface area contributed by atoms with Gasteiger partial charge in [-0.2, -0.15) is 0 Å². The standard InChI is InChI=1S/C20H33N3O3.HI/c1-20(2,3)18-14(8-7-11-26-18)13-22-19(21-4)23-15-9-10-16(24-5)17(12-15)25-6;/h9-10,12,14,18H,7-8,11,13H2,1-6H3,(H2,21,22,23);1H. The Hall–Kier alpha value is -1.22. The summed E-state index contributed by atoms with van der Waals surface area (Å²) in [5, 5.41) is 6.75. The van der Waals surface area contributed by atoms with Gasteiger partial charge >= 0.3 is 0 Å². The molecule has 0 aliphatic carbocycles. The smallest absolute Gasteiger partial charge is 0.195 e. The minimum absolute atomic E-state index is 0. The summed E-state index contributed by atoms with van der Waals surface area (Å²) in [6.07, 6.45) is 2.53. The molecule has 2 rings (SSSR count). The molecule has 2 unspecified atom stereocenters. The molecule has 7 heteroatoms. The summed E-state index contributed by atoms with van der Waals surface area (Å²) in [5.41, 5.74) is 1.02. The van der Waals surface area contributed by atoms with Gasteiger partial charge in [0.2, 0.25) is 0 Å². The van der Waals surface area contributed by atoms with E-state index >= 15 is 0 Å². The van der Waals surface area contributed by atoms with E-state index in [9.17, 15) is 0 Å². The summed E-state index contributed by atoms with van der Waals surface area (Å²) >= 11 is 0. The molecule has 27 heavy (non-hydrogen) atoms. The molecule has 1 aliphatic rings. The van der Waals surface area contributed by atoms with Crippen molar-refractivity contribution < 1.29 is 14.2 Å². The first-order chi connectivity index (χ1) is 12.4. The van der Waals surface area contributed by atoms with Crippen molar-refractivity contribution in [3.05, 3.63) is 18.2 Å². The van der Waals surface area contributed by atoms with Crippen molar-refractivity contribution in [3.8, 4) is 11.5 Å². The predicted octanol–water partition coefficient (Wildman–Crippen LogP) is 4.15. The van der Waals surface area contributed by atoms with Crippen LogP contribution in [-0.4, -0.2) is 46.5 Å². The van der Waals surface area contributed by atoms with Crippen LogP contribution in [0.25, 0.3) is 0 Å². The SMILES string of the molecule is CN=C(NCC1CCCOC1C(C)(C)C)Nc1ccc(OC)c(OC)c1.I. The molecule has 2 atom stereocenters. The van der Waals surface area contributed by atoms with Crippen molar-refractivity contribution in [1.82, 2.24) is 5.32 Å². The molecule has 0 saturated carbocycles. The quantitative estimate of drug-likeness (QED) is 0.368. The molecule has 1 heterocycles. The van der Waals surface area contributed by atoms with E-state index in [1.165, 1.54) is 6.42 Å². The molecule has 1 fully saturated rings. The van der Waals surface area contributed by atoms with E-state index in [1.54, 1.807) is 21.3 Å². The highest BCUT2D eigenvalue weighted by Crippen LogP contribution is 2.34. The van der Waals surface area contributed by atoms with Crippen LogP contribution in [0.1, 0.15) is 33.6 Å². The van der Waals surface area contributed by atoms with Crippen molar-refractivity contribution >= 4 is 35.6 Å². The number of nitrogens with one attached hydrogen (secondary N) is 2. The summed E-state index contributed by atoms with van der Waals surface area (Å²) in [6, 6.07) is 5.71. The zero-order chi connectivity index (χ0) is 19.2.